The Kier molecular flexibility index (Phi) is 6.83. The van der Waals surface area contributed by atoms with E-state index in [-0.39, 0.29) is 5.91 Å². The summed E-state index contributed by atoms with van der Waals surface area (Å²) < 4.78 is 10.9. The number of amides is 1. The van der Waals surface area contributed by atoms with Gasteiger partial charge in [0.05, 0.1) is 12.1 Å². The van der Waals surface area contributed by atoms with Gasteiger partial charge in [-0.2, -0.15) is 0 Å². The van der Waals surface area contributed by atoms with Crippen molar-refractivity contribution in [3.8, 4) is 11.5 Å². The number of piperazine rings is 1. The number of carbonyl (C=O) groups excluding carboxylic acids is 1. The predicted octanol–water partition coefficient (Wildman–Crippen LogP) is 3.84. The van der Waals surface area contributed by atoms with Crippen LogP contribution in [0.4, 0.5) is 0 Å². The number of halogens is 2. The number of benzene rings is 2. The summed E-state index contributed by atoms with van der Waals surface area (Å²) in [6.07, 6.45) is 0. The van der Waals surface area contributed by atoms with Crippen LogP contribution in [0.25, 0.3) is 0 Å². The van der Waals surface area contributed by atoms with Gasteiger partial charge in [0.25, 0.3) is 5.91 Å². The van der Waals surface area contributed by atoms with Gasteiger partial charge in [0.2, 0.25) is 0 Å². The van der Waals surface area contributed by atoms with Crippen LogP contribution in [0.1, 0.15) is 10.4 Å². The molecule has 2 aromatic rings. The summed E-state index contributed by atoms with van der Waals surface area (Å²) in [6, 6.07) is 12.4. The van der Waals surface area contributed by atoms with Gasteiger partial charge in [-0.15, -0.1) is 0 Å². The lowest BCUT2D eigenvalue weighted by Gasteiger charge is -2.34. The molecule has 144 valence electrons. The summed E-state index contributed by atoms with van der Waals surface area (Å²) in [6.45, 7) is 4.31. The fourth-order valence-electron chi connectivity index (χ4n) is 2.96. The molecule has 2 aromatic carbocycles. The third-order valence-electron chi connectivity index (χ3n) is 4.55. The number of methoxy groups -OCH3 is 1. The van der Waals surface area contributed by atoms with Crippen LogP contribution in [0.5, 0.6) is 11.5 Å². The molecule has 0 N–H and O–H groups in total. The summed E-state index contributed by atoms with van der Waals surface area (Å²) in [5, 5.41) is 1.15. The molecular weight excluding hydrogens is 387 g/mol. The molecule has 5 nitrogen and oxygen atoms in total. The van der Waals surface area contributed by atoms with Crippen LogP contribution in [0, 0.1) is 0 Å². The quantitative estimate of drug-likeness (QED) is 0.727. The van der Waals surface area contributed by atoms with Crippen LogP contribution < -0.4 is 9.47 Å². The zero-order valence-electron chi connectivity index (χ0n) is 15.2. The molecular formula is C20H22Cl2N2O3. The van der Waals surface area contributed by atoms with Crippen molar-refractivity contribution in [2.45, 2.75) is 0 Å². The Morgan fingerprint density at radius 1 is 1.04 bits per heavy atom. The smallest absolute Gasteiger partial charge is 0.253 e. The van der Waals surface area contributed by atoms with Crippen LogP contribution >= 0.6 is 23.2 Å². The lowest BCUT2D eigenvalue weighted by atomic mass is 10.1. The minimum absolute atomic E-state index is 0.0549. The molecule has 0 atom stereocenters. The topological polar surface area (TPSA) is 42.0 Å². The number of rotatable bonds is 6. The third-order valence-corrected chi connectivity index (χ3v) is 5.10. The van der Waals surface area contributed by atoms with Crippen LogP contribution in [-0.2, 0) is 0 Å². The van der Waals surface area contributed by atoms with E-state index in [0.29, 0.717) is 41.1 Å². The molecule has 0 bridgehead atoms. The SMILES string of the molecule is COc1ccc(C(=O)N2CCN(CCOc3cc(Cl)ccc3Cl)CC2)cc1. The van der Waals surface area contributed by atoms with Gasteiger partial charge >= 0.3 is 0 Å². The second kappa shape index (κ2) is 9.31. The number of ether oxygens (including phenoxy) is 2. The Balaban J connectivity index is 1.44. The Morgan fingerprint density at radius 2 is 1.74 bits per heavy atom. The minimum atomic E-state index is 0.0549. The fraction of sp³-hybridized carbons (Fsp3) is 0.350. The van der Waals surface area contributed by atoms with E-state index in [1.807, 2.05) is 17.0 Å². The molecule has 1 saturated heterocycles. The lowest BCUT2D eigenvalue weighted by molar-refractivity contribution is 0.0620. The molecule has 1 heterocycles. The van der Waals surface area contributed by atoms with Gasteiger partial charge in [-0.05, 0) is 36.4 Å². The zero-order chi connectivity index (χ0) is 19.2. The number of hydrogen-bond acceptors (Lipinski definition) is 4. The van der Waals surface area contributed by atoms with Crippen molar-refractivity contribution in [3.63, 3.8) is 0 Å². The Morgan fingerprint density at radius 3 is 2.41 bits per heavy atom. The van der Waals surface area contributed by atoms with Gasteiger partial charge in [-0.3, -0.25) is 9.69 Å². The van der Waals surface area contributed by atoms with E-state index in [2.05, 4.69) is 4.90 Å². The largest absolute Gasteiger partial charge is 0.497 e. The molecule has 1 fully saturated rings. The maximum atomic E-state index is 12.6. The van der Waals surface area contributed by atoms with Gasteiger partial charge in [-0.1, -0.05) is 23.2 Å². The van der Waals surface area contributed by atoms with E-state index < -0.39 is 0 Å². The standard InChI is InChI=1S/C20H22Cl2N2O3/c1-26-17-5-2-15(3-6-17)20(25)24-10-8-23(9-11-24)12-13-27-19-14-16(21)4-7-18(19)22/h2-7,14H,8-13H2,1H3. The second-order valence-electron chi connectivity index (χ2n) is 6.29. The molecule has 1 amide bonds. The maximum absolute atomic E-state index is 12.6. The highest BCUT2D eigenvalue weighted by atomic mass is 35.5. The van der Waals surface area contributed by atoms with Gasteiger partial charge in [0, 0.05) is 49.4 Å². The van der Waals surface area contributed by atoms with E-state index in [1.165, 1.54) is 0 Å². The molecule has 0 aromatic heterocycles. The monoisotopic (exact) mass is 408 g/mol. The fourth-order valence-corrected chi connectivity index (χ4v) is 3.30. The summed E-state index contributed by atoms with van der Waals surface area (Å²) in [7, 11) is 1.61. The van der Waals surface area contributed by atoms with E-state index >= 15 is 0 Å². The van der Waals surface area contributed by atoms with Crippen molar-refractivity contribution in [2.75, 3.05) is 46.4 Å². The van der Waals surface area contributed by atoms with E-state index in [4.69, 9.17) is 32.7 Å². The summed E-state index contributed by atoms with van der Waals surface area (Å²) in [5.41, 5.74) is 0.684. The van der Waals surface area contributed by atoms with Gasteiger partial charge in [0.1, 0.15) is 18.1 Å². The van der Waals surface area contributed by atoms with Crippen molar-refractivity contribution >= 4 is 29.1 Å². The summed E-state index contributed by atoms with van der Waals surface area (Å²) in [4.78, 5) is 16.7. The Labute approximate surface area is 169 Å². The highest BCUT2D eigenvalue weighted by Crippen LogP contribution is 2.27. The van der Waals surface area contributed by atoms with Crippen molar-refractivity contribution in [1.82, 2.24) is 9.80 Å². The number of carbonyl (C=O) groups is 1. The lowest BCUT2D eigenvalue weighted by Crippen LogP contribution is -2.49. The van der Waals surface area contributed by atoms with Crippen LogP contribution in [0.3, 0.4) is 0 Å². The van der Waals surface area contributed by atoms with Crippen LogP contribution in [-0.4, -0.2) is 62.1 Å². The molecule has 1 aliphatic heterocycles. The molecule has 0 radical (unpaired) electrons. The van der Waals surface area contributed by atoms with Crippen LogP contribution in [0.2, 0.25) is 10.0 Å². The summed E-state index contributed by atoms with van der Waals surface area (Å²) in [5.74, 6) is 1.40. The molecule has 0 aliphatic carbocycles. The van der Waals surface area contributed by atoms with Crippen molar-refractivity contribution in [3.05, 3.63) is 58.1 Å². The molecule has 7 heteroatoms. The van der Waals surface area contributed by atoms with Gasteiger partial charge < -0.3 is 14.4 Å². The summed E-state index contributed by atoms with van der Waals surface area (Å²) >= 11 is 12.1. The van der Waals surface area contributed by atoms with Crippen molar-refractivity contribution in [1.29, 1.82) is 0 Å². The second-order valence-corrected chi connectivity index (χ2v) is 7.13. The first kappa shape index (κ1) is 19.8. The average Bonchev–Trinajstić information content (AvgIpc) is 2.70. The first-order chi connectivity index (χ1) is 13.1. The van der Waals surface area contributed by atoms with E-state index in [0.717, 1.165) is 25.4 Å². The van der Waals surface area contributed by atoms with Crippen molar-refractivity contribution in [2.24, 2.45) is 0 Å². The number of hydrogen-bond donors (Lipinski definition) is 0. The van der Waals surface area contributed by atoms with Gasteiger partial charge in [-0.25, -0.2) is 0 Å². The first-order valence-corrected chi connectivity index (χ1v) is 9.56. The zero-order valence-corrected chi connectivity index (χ0v) is 16.7. The molecule has 0 spiro atoms. The highest BCUT2D eigenvalue weighted by Gasteiger charge is 2.22. The molecule has 3 rings (SSSR count). The molecule has 0 saturated carbocycles. The van der Waals surface area contributed by atoms with Gasteiger partial charge in [0.15, 0.2) is 0 Å². The third kappa shape index (κ3) is 5.28. The molecule has 1 aliphatic rings. The molecule has 0 unspecified atom stereocenters. The van der Waals surface area contributed by atoms with Crippen molar-refractivity contribution < 1.29 is 14.3 Å². The average molecular weight is 409 g/mol. The van der Waals surface area contributed by atoms with E-state index in [9.17, 15) is 4.79 Å². The van der Waals surface area contributed by atoms with Crippen LogP contribution in [0.15, 0.2) is 42.5 Å². The Bertz CT molecular complexity index is 775. The number of nitrogens with zero attached hydrogens (tertiary/aromatic N) is 2. The first-order valence-electron chi connectivity index (χ1n) is 8.80. The maximum Gasteiger partial charge on any atom is 0.253 e. The normalized spacial score (nSPS) is 14.9. The molecule has 27 heavy (non-hydrogen) atoms. The highest BCUT2D eigenvalue weighted by molar-refractivity contribution is 6.34. The Hall–Kier alpha value is -1.95. The minimum Gasteiger partial charge on any atom is -0.497 e. The van der Waals surface area contributed by atoms with E-state index in [1.54, 1.807) is 37.4 Å². The predicted molar refractivity (Wildman–Crippen MR) is 107 cm³/mol.